The van der Waals surface area contributed by atoms with Gasteiger partial charge in [-0.05, 0) is 23.8 Å². The number of nitrogens with zero attached hydrogens (tertiary/aromatic N) is 2. The van der Waals surface area contributed by atoms with E-state index in [0.717, 1.165) is 0 Å². The van der Waals surface area contributed by atoms with Crippen molar-refractivity contribution in [2.45, 2.75) is 25.3 Å². The topological polar surface area (TPSA) is 119 Å². The minimum atomic E-state index is -0.999. The zero-order valence-corrected chi connectivity index (χ0v) is 12.5. The smallest absolute Gasteiger partial charge is 0.337 e. The molecule has 2 atom stereocenters. The van der Waals surface area contributed by atoms with Crippen molar-refractivity contribution < 1.29 is 29.1 Å². The Balaban J connectivity index is 1.66. The van der Waals surface area contributed by atoms with Gasteiger partial charge < -0.3 is 14.6 Å². The van der Waals surface area contributed by atoms with Crippen LogP contribution in [0.25, 0.3) is 0 Å². The molecule has 24 heavy (non-hydrogen) atoms. The van der Waals surface area contributed by atoms with Crippen LogP contribution >= 0.6 is 0 Å². The highest BCUT2D eigenvalue weighted by atomic mass is 16.6. The maximum absolute atomic E-state index is 12.3. The van der Waals surface area contributed by atoms with E-state index in [1.807, 2.05) is 0 Å². The van der Waals surface area contributed by atoms with Crippen molar-refractivity contribution in [1.82, 2.24) is 4.90 Å². The number of nitro benzene ring substituents is 1. The Morgan fingerprint density at radius 1 is 1.46 bits per heavy atom. The van der Waals surface area contributed by atoms with Gasteiger partial charge in [0.25, 0.3) is 5.69 Å². The van der Waals surface area contributed by atoms with Gasteiger partial charge in [0.15, 0.2) is 12.3 Å². The van der Waals surface area contributed by atoms with Crippen LogP contribution in [0.3, 0.4) is 0 Å². The molecule has 1 aromatic carbocycles. The molecule has 0 radical (unpaired) electrons. The number of aliphatic hydroxyl groups excluding tert-OH is 1. The van der Waals surface area contributed by atoms with Crippen LogP contribution < -0.4 is 0 Å². The molecule has 9 heteroatoms. The minimum absolute atomic E-state index is 0.0588. The Morgan fingerprint density at radius 3 is 2.75 bits per heavy atom. The van der Waals surface area contributed by atoms with Crippen LogP contribution in [0, 0.1) is 10.1 Å². The second kappa shape index (κ2) is 6.28. The quantitative estimate of drug-likeness (QED) is 0.360. The second-order valence-electron chi connectivity index (χ2n) is 5.30. The van der Waals surface area contributed by atoms with E-state index in [1.165, 1.54) is 35.2 Å². The summed E-state index contributed by atoms with van der Waals surface area (Å²) in [5.41, 5.74) is 0.517. The first-order valence-corrected chi connectivity index (χ1v) is 7.20. The monoisotopic (exact) mass is 334 g/mol. The van der Waals surface area contributed by atoms with E-state index in [2.05, 4.69) is 0 Å². The molecular formula is C15H14N2O7. The number of carbonyl (C=O) groups excluding carboxylic acids is 2. The van der Waals surface area contributed by atoms with Gasteiger partial charge in [0, 0.05) is 12.1 Å². The number of β-lactam (4-membered cyclic amide) rings is 1. The molecule has 3 rings (SSSR count). The van der Waals surface area contributed by atoms with Crippen molar-refractivity contribution in [2.24, 2.45) is 0 Å². The first-order valence-electron chi connectivity index (χ1n) is 7.20. The fourth-order valence-electron chi connectivity index (χ4n) is 2.60. The number of aliphatic hydroxyl groups is 1. The molecule has 2 aliphatic heterocycles. The number of rotatable bonds is 5. The molecule has 0 saturated carbocycles. The largest absolute Gasteiger partial charge is 0.472 e. The molecule has 2 saturated heterocycles. The van der Waals surface area contributed by atoms with Crippen molar-refractivity contribution in [3.63, 3.8) is 0 Å². The second-order valence-corrected chi connectivity index (χ2v) is 5.30. The van der Waals surface area contributed by atoms with Gasteiger partial charge in [0.1, 0.15) is 12.4 Å². The van der Waals surface area contributed by atoms with Gasteiger partial charge in [-0.15, -0.1) is 0 Å². The number of non-ortho nitro benzene ring substituents is 1. The van der Waals surface area contributed by atoms with Gasteiger partial charge in [-0.3, -0.25) is 19.8 Å². The molecular weight excluding hydrogens is 320 g/mol. The standard InChI is InChI=1S/C15H14N2O7/c18-6-5-11-14(16-12(19)7-13(16)24-11)15(20)23-8-9-1-3-10(4-2-9)17(21)22/h1-5,13-14,18H,6-8H2/b11-5-/t13?,14-/m1/s1. The van der Waals surface area contributed by atoms with Crippen LogP contribution in [0.2, 0.25) is 0 Å². The minimum Gasteiger partial charge on any atom is -0.472 e. The number of ether oxygens (including phenoxy) is 2. The average molecular weight is 334 g/mol. The summed E-state index contributed by atoms with van der Waals surface area (Å²) in [6.07, 6.45) is 1.02. The highest BCUT2D eigenvalue weighted by Crippen LogP contribution is 2.36. The number of esters is 1. The summed E-state index contributed by atoms with van der Waals surface area (Å²) >= 11 is 0. The van der Waals surface area contributed by atoms with Crippen molar-refractivity contribution in [3.05, 3.63) is 51.8 Å². The molecule has 1 unspecified atom stereocenters. The van der Waals surface area contributed by atoms with Crippen LogP contribution in [0.1, 0.15) is 12.0 Å². The van der Waals surface area contributed by atoms with Crippen LogP contribution in [-0.2, 0) is 25.7 Å². The Kier molecular flexibility index (Phi) is 4.17. The van der Waals surface area contributed by atoms with Crippen LogP contribution in [0.5, 0.6) is 0 Å². The molecule has 0 aromatic heterocycles. The van der Waals surface area contributed by atoms with Crippen molar-refractivity contribution in [2.75, 3.05) is 6.61 Å². The SMILES string of the molecule is O=C(OCc1ccc([N+](=O)[O-])cc1)[C@H]1/C(=C/CO)OC2CC(=O)N21. The lowest BCUT2D eigenvalue weighted by atomic mass is 10.1. The van der Waals surface area contributed by atoms with Gasteiger partial charge >= 0.3 is 5.97 Å². The van der Waals surface area contributed by atoms with E-state index in [0.29, 0.717) is 5.56 Å². The van der Waals surface area contributed by atoms with Crippen molar-refractivity contribution >= 4 is 17.6 Å². The van der Waals surface area contributed by atoms with Gasteiger partial charge in [0.05, 0.1) is 18.0 Å². The van der Waals surface area contributed by atoms with Crippen molar-refractivity contribution in [3.8, 4) is 0 Å². The van der Waals surface area contributed by atoms with Crippen LogP contribution in [0.4, 0.5) is 5.69 Å². The zero-order valence-electron chi connectivity index (χ0n) is 12.5. The Hall–Kier alpha value is -2.94. The number of amides is 1. The average Bonchev–Trinajstić information content (AvgIpc) is 2.85. The third-order valence-electron chi connectivity index (χ3n) is 3.81. The Bertz CT molecular complexity index is 713. The zero-order chi connectivity index (χ0) is 17.3. The summed E-state index contributed by atoms with van der Waals surface area (Å²) < 4.78 is 10.6. The summed E-state index contributed by atoms with van der Waals surface area (Å²) in [5, 5.41) is 19.6. The normalized spacial score (nSPS) is 23.5. The van der Waals surface area contributed by atoms with Gasteiger partial charge in [-0.2, -0.15) is 0 Å². The Morgan fingerprint density at radius 2 is 2.17 bits per heavy atom. The third kappa shape index (κ3) is 2.81. The van der Waals surface area contributed by atoms with E-state index in [-0.39, 0.29) is 37.0 Å². The van der Waals surface area contributed by atoms with E-state index in [1.54, 1.807) is 0 Å². The van der Waals surface area contributed by atoms with E-state index in [4.69, 9.17) is 14.6 Å². The highest BCUT2D eigenvalue weighted by Gasteiger charge is 2.54. The third-order valence-corrected chi connectivity index (χ3v) is 3.81. The molecule has 2 fully saturated rings. The first kappa shape index (κ1) is 15.9. The predicted molar refractivity (Wildman–Crippen MR) is 78.2 cm³/mol. The van der Waals surface area contributed by atoms with Gasteiger partial charge in [-0.1, -0.05) is 0 Å². The number of hydrogen-bond donors (Lipinski definition) is 1. The molecule has 126 valence electrons. The molecule has 0 bridgehead atoms. The van der Waals surface area contributed by atoms with E-state index in [9.17, 15) is 19.7 Å². The number of hydrogen-bond acceptors (Lipinski definition) is 7. The maximum atomic E-state index is 12.3. The van der Waals surface area contributed by atoms with E-state index < -0.39 is 23.2 Å². The number of fused-ring (bicyclic) bond motifs is 1. The van der Waals surface area contributed by atoms with Crippen LogP contribution in [0.15, 0.2) is 36.1 Å². The Labute approximate surface area is 136 Å². The lowest BCUT2D eigenvalue weighted by Crippen LogP contribution is -2.55. The van der Waals surface area contributed by atoms with Crippen LogP contribution in [-0.4, -0.2) is 45.7 Å². The summed E-state index contributed by atoms with van der Waals surface area (Å²) in [4.78, 5) is 35.3. The number of benzene rings is 1. The molecule has 0 aliphatic carbocycles. The highest BCUT2D eigenvalue weighted by molar-refractivity contribution is 5.91. The predicted octanol–water partition coefficient (Wildman–Crippen LogP) is 0.471. The molecule has 9 nitrogen and oxygen atoms in total. The summed E-state index contributed by atoms with van der Waals surface area (Å²) in [5.74, 6) is -0.704. The van der Waals surface area contributed by atoms with E-state index >= 15 is 0 Å². The molecule has 0 spiro atoms. The van der Waals surface area contributed by atoms with Crippen molar-refractivity contribution in [1.29, 1.82) is 0 Å². The summed E-state index contributed by atoms with van der Waals surface area (Å²) in [6, 6.07) is 4.60. The molecule has 1 amide bonds. The fourth-order valence-corrected chi connectivity index (χ4v) is 2.60. The lowest BCUT2D eigenvalue weighted by Gasteiger charge is -2.33. The summed E-state index contributed by atoms with van der Waals surface area (Å²) in [6.45, 7) is -0.414. The molecule has 2 aliphatic rings. The first-order chi connectivity index (χ1) is 11.5. The molecule has 1 aromatic rings. The maximum Gasteiger partial charge on any atom is 0.337 e. The fraction of sp³-hybridized carbons (Fsp3) is 0.333. The molecule has 1 N–H and O–H groups in total. The number of carbonyl (C=O) groups is 2. The van der Waals surface area contributed by atoms with Gasteiger partial charge in [0.2, 0.25) is 5.91 Å². The van der Waals surface area contributed by atoms with Gasteiger partial charge in [-0.25, -0.2) is 4.79 Å². The number of nitro groups is 1. The summed E-state index contributed by atoms with van der Waals surface area (Å²) in [7, 11) is 0. The lowest BCUT2D eigenvalue weighted by molar-refractivity contribution is -0.384. The molecule has 2 heterocycles.